The van der Waals surface area contributed by atoms with Crippen LogP contribution in [0.25, 0.3) is 0 Å². The summed E-state index contributed by atoms with van der Waals surface area (Å²) < 4.78 is 38.6. The molecule has 144 valence electrons. The number of carbonyl (C=O) groups excluding carboxylic acids is 1. The number of fused-ring (bicyclic) bond motifs is 1. The van der Waals surface area contributed by atoms with E-state index in [1.807, 2.05) is 0 Å². The van der Waals surface area contributed by atoms with E-state index in [1.165, 1.54) is 12.5 Å². The SMILES string of the molecule is O=C(CNS(=O)(=O)c1cccs1)Nc1ccc2c(c1)OC1(CCCCC1)O2. The molecule has 2 aliphatic rings. The fourth-order valence-corrected chi connectivity index (χ4v) is 5.34. The van der Waals surface area contributed by atoms with E-state index in [2.05, 4.69) is 10.0 Å². The Kier molecular flexibility index (Phi) is 4.83. The molecule has 27 heavy (non-hydrogen) atoms. The molecule has 2 aromatic rings. The van der Waals surface area contributed by atoms with Gasteiger partial charge in [0.1, 0.15) is 4.21 Å². The first-order valence-electron chi connectivity index (χ1n) is 8.81. The quantitative estimate of drug-likeness (QED) is 0.793. The summed E-state index contributed by atoms with van der Waals surface area (Å²) in [5.74, 6) is 0.253. The summed E-state index contributed by atoms with van der Waals surface area (Å²) in [4.78, 5) is 12.1. The molecule has 0 atom stereocenters. The van der Waals surface area contributed by atoms with Crippen LogP contribution in [0, 0.1) is 0 Å². The van der Waals surface area contributed by atoms with Crippen LogP contribution in [0.5, 0.6) is 11.5 Å². The molecule has 2 N–H and O–H groups in total. The van der Waals surface area contributed by atoms with Crippen molar-refractivity contribution in [3.63, 3.8) is 0 Å². The number of benzene rings is 1. The minimum Gasteiger partial charge on any atom is -0.448 e. The predicted octanol–water partition coefficient (Wildman–Crippen LogP) is 3.10. The number of hydrogen-bond acceptors (Lipinski definition) is 6. The summed E-state index contributed by atoms with van der Waals surface area (Å²) in [6.07, 6.45) is 5.04. The number of nitrogens with one attached hydrogen (secondary N) is 2. The van der Waals surface area contributed by atoms with Crippen LogP contribution in [0.1, 0.15) is 32.1 Å². The van der Waals surface area contributed by atoms with Crippen LogP contribution in [0.15, 0.2) is 39.9 Å². The summed E-state index contributed by atoms with van der Waals surface area (Å²) in [5, 5.41) is 4.35. The zero-order chi connectivity index (χ0) is 18.9. The third-order valence-electron chi connectivity index (χ3n) is 4.62. The van der Waals surface area contributed by atoms with E-state index >= 15 is 0 Å². The van der Waals surface area contributed by atoms with Crippen molar-refractivity contribution in [1.29, 1.82) is 0 Å². The van der Waals surface area contributed by atoms with Crippen molar-refractivity contribution >= 4 is 33.0 Å². The second-order valence-electron chi connectivity index (χ2n) is 6.64. The van der Waals surface area contributed by atoms with Gasteiger partial charge >= 0.3 is 0 Å². The molecule has 7 nitrogen and oxygen atoms in total. The van der Waals surface area contributed by atoms with Crippen LogP contribution in [0.3, 0.4) is 0 Å². The lowest BCUT2D eigenvalue weighted by atomic mass is 9.94. The van der Waals surface area contributed by atoms with Crippen LogP contribution in [0.4, 0.5) is 5.69 Å². The monoisotopic (exact) mass is 408 g/mol. The van der Waals surface area contributed by atoms with Crippen molar-refractivity contribution < 1.29 is 22.7 Å². The van der Waals surface area contributed by atoms with Gasteiger partial charge in [0.15, 0.2) is 11.5 Å². The number of hydrogen-bond donors (Lipinski definition) is 2. The van der Waals surface area contributed by atoms with E-state index in [-0.39, 0.29) is 10.8 Å². The topological polar surface area (TPSA) is 93.7 Å². The van der Waals surface area contributed by atoms with Crippen LogP contribution in [-0.2, 0) is 14.8 Å². The Morgan fingerprint density at radius 1 is 1.11 bits per heavy atom. The Hall–Kier alpha value is -2.10. The van der Waals surface area contributed by atoms with Crippen molar-refractivity contribution in [2.45, 2.75) is 42.1 Å². The summed E-state index contributed by atoms with van der Waals surface area (Å²) in [6.45, 7) is -0.349. The number of sulfonamides is 1. The summed E-state index contributed by atoms with van der Waals surface area (Å²) >= 11 is 1.10. The molecule has 1 saturated carbocycles. The van der Waals surface area contributed by atoms with Gasteiger partial charge in [-0.25, -0.2) is 13.1 Å². The third kappa shape index (κ3) is 3.95. The molecule has 1 aromatic heterocycles. The first-order valence-corrected chi connectivity index (χ1v) is 11.2. The van der Waals surface area contributed by atoms with Crippen molar-refractivity contribution in [1.82, 2.24) is 4.72 Å². The Balaban J connectivity index is 1.37. The summed E-state index contributed by atoms with van der Waals surface area (Å²) in [7, 11) is -3.67. The fourth-order valence-electron chi connectivity index (χ4n) is 3.32. The number of amides is 1. The highest BCUT2D eigenvalue weighted by Gasteiger charge is 2.42. The molecule has 1 fully saturated rings. The number of ether oxygens (including phenoxy) is 2. The molecule has 2 heterocycles. The predicted molar refractivity (Wildman–Crippen MR) is 102 cm³/mol. The van der Waals surface area contributed by atoms with Gasteiger partial charge in [0.2, 0.25) is 5.91 Å². The van der Waals surface area contributed by atoms with Crippen LogP contribution >= 0.6 is 11.3 Å². The number of carbonyl (C=O) groups is 1. The van der Waals surface area contributed by atoms with Crippen molar-refractivity contribution in [3.8, 4) is 11.5 Å². The molecule has 0 unspecified atom stereocenters. The lowest BCUT2D eigenvalue weighted by molar-refractivity contribution is -0.115. The van der Waals surface area contributed by atoms with Gasteiger partial charge in [-0.3, -0.25) is 4.79 Å². The molecule has 1 aromatic carbocycles. The number of rotatable bonds is 5. The van der Waals surface area contributed by atoms with Crippen molar-refractivity contribution in [2.24, 2.45) is 0 Å². The molecular weight excluding hydrogens is 388 g/mol. The smallest absolute Gasteiger partial charge is 0.251 e. The van der Waals surface area contributed by atoms with Crippen LogP contribution < -0.4 is 19.5 Å². The van der Waals surface area contributed by atoms with Gasteiger partial charge < -0.3 is 14.8 Å². The maximum absolute atomic E-state index is 12.1. The molecule has 1 aliphatic carbocycles. The van der Waals surface area contributed by atoms with E-state index in [1.54, 1.807) is 29.6 Å². The zero-order valence-corrected chi connectivity index (χ0v) is 16.2. The fraction of sp³-hybridized carbons (Fsp3) is 0.389. The molecule has 1 spiro atoms. The normalized spacial score (nSPS) is 17.8. The highest BCUT2D eigenvalue weighted by Crippen LogP contribution is 2.46. The number of anilines is 1. The van der Waals surface area contributed by atoms with E-state index < -0.39 is 21.7 Å². The summed E-state index contributed by atoms with van der Waals surface area (Å²) in [5.41, 5.74) is 0.533. The average molecular weight is 409 g/mol. The van der Waals surface area contributed by atoms with E-state index in [9.17, 15) is 13.2 Å². The van der Waals surface area contributed by atoms with Gasteiger partial charge in [0.25, 0.3) is 15.8 Å². The molecule has 0 radical (unpaired) electrons. The Morgan fingerprint density at radius 2 is 1.89 bits per heavy atom. The third-order valence-corrected chi connectivity index (χ3v) is 7.42. The average Bonchev–Trinajstić information content (AvgIpc) is 3.29. The van der Waals surface area contributed by atoms with Gasteiger partial charge in [-0.2, -0.15) is 0 Å². The maximum Gasteiger partial charge on any atom is 0.251 e. The Bertz CT molecular complexity index is 935. The molecule has 9 heteroatoms. The van der Waals surface area contributed by atoms with Crippen molar-refractivity contribution in [3.05, 3.63) is 35.7 Å². The first kappa shape index (κ1) is 18.3. The number of thiophene rings is 1. The van der Waals surface area contributed by atoms with Gasteiger partial charge in [0.05, 0.1) is 6.54 Å². The maximum atomic E-state index is 12.1. The second kappa shape index (κ2) is 7.14. The first-order chi connectivity index (χ1) is 13.0. The van der Waals surface area contributed by atoms with Gasteiger partial charge in [-0.15, -0.1) is 11.3 Å². The molecule has 1 aliphatic heterocycles. The molecular formula is C18H20N2O5S2. The van der Waals surface area contributed by atoms with Crippen LogP contribution in [-0.4, -0.2) is 26.7 Å². The highest BCUT2D eigenvalue weighted by atomic mass is 32.2. The van der Waals surface area contributed by atoms with Gasteiger partial charge in [-0.1, -0.05) is 12.5 Å². The van der Waals surface area contributed by atoms with Crippen molar-refractivity contribution in [2.75, 3.05) is 11.9 Å². The lowest BCUT2D eigenvalue weighted by Gasteiger charge is -2.31. The Labute approximate surface area is 161 Å². The lowest BCUT2D eigenvalue weighted by Crippen LogP contribution is -2.40. The zero-order valence-electron chi connectivity index (χ0n) is 14.6. The molecule has 1 amide bonds. The Morgan fingerprint density at radius 3 is 2.63 bits per heavy atom. The minimum atomic E-state index is -3.67. The summed E-state index contributed by atoms with van der Waals surface area (Å²) in [6, 6.07) is 8.33. The molecule has 4 rings (SSSR count). The van der Waals surface area contributed by atoms with Gasteiger partial charge in [-0.05, 0) is 36.4 Å². The van der Waals surface area contributed by atoms with Gasteiger partial charge in [0, 0.05) is 24.6 Å². The largest absolute Gasteiger partial charge is 0.448 e. The highest BCUT2D eigenvalue weighted by molar-refractivity contribution is 7.91. The minimum absolute atomic E-state index is 0.177. The van der Waals surface area contributed by atoms with E-state index in [4.69, 9.17) is 9.47 Å². The second-order valence-corrected chi connectivity index (χ2v) is 9.58. The standard InChI is InChI=1S/C18H20N2O5S2/c21-16(12-19-27(22,23)17-5-4-10-26-17)20-13-6-7-14-15(11-13)25-18(24-14)8-2-1-3-9-18/h4-7,10-11,19H,1-3,8-9,12H2,(H,20,21). The molecule has 0 saturated heterocycles. The molecule has 0 bridgehead atoms. The van der Waals surface area contributed by atoms with E-state index in [0.717, 1.165) is 37.0 Å². The van der Waals surface area contributed by atoms with E-state index in [0.29, 0.717) is 17.2 Å². The van der Waals surface area contributed by atoms with Crippen LogP contribution in [0.2, 0.25) is 0 Å².